The number of nitrogen functional groups attached to an aromatic ring is 2. The fourth-order valence-electron chi connectivity index (χ4n) is 2.15. The van der Waals surface area contributed by atoms with Gasteiger partial charge in [0, 0.05) is 16.3 Å². The van der Waals surface area contributed by atoms with Crippen LogP contribution in [0.1, 0.15) is 11.1 Å². The molecular formula is C14H9BF6N2S. The molecule has 4 N–H and O–H groups in total. The summed E-state index contributed by atoms with van der Waals surface area (Å²) in [4.78, 5) is -0.0958. The van der Waals surface area contributed by atoms with Crippen LogP contribution in [0.4, 0.5) is 37.7 Å². The summed E-state index contributed by atoms with van der Waals surface area (Å²) in [5, 5.41) is 0. The number of halogens is 6. The Bertz CT molecular complexity index is 734. The van der Waals surface area contributed by atoms with E-state index in [4.69, 9.17) is 19.3 Å². The summed E-state index contributed by atoms with van der Waals surface area (Å²) in [5.74, 6) is 0. The summed E-state index contributed by atoms with van der Waals surface area (Å²) >= 11 is 3.88. The Morgan fingerprint density at radius 3 is 1.62 bits per heavy atom. The fourth-order valence-corrected chi connectivity index (χ4v) is 2.35. The molecule has 0 unspecified atom stereocenters. The first kappa shape index (κ1) is 18.4. The molecule has 0 aliphatic carbocycles. The van der Waals surface area contributed by atoms with E-state index in [9.17, 15) is 26.3 Å². The van der Waals surface area contributed by atoms with Gasteiger partial charge in [-0.25, -0.2) is 0 Å². The number of hydrogen-bond donors (Lipinski definition) is 3. The molecule has 0 aliphatic heterocycles. The first-order chi connectivity index (χ1) is 10.8. The molecule has 0 atom stereocenters. The van der Waals surface area contributed by atoms with Crippen molar-refractivity contribution in [3.05, 3.63) is 35.4 Å². The Balaban J connectivity index is 2.91. The van der Waals surface area contributed by atoms with Crippen LogP contribution in [0.3, 0.4) is 0 Å². The molecule has 126 valence electrons. The highest BCUT2D eigenvalue weighted by atomic mass is 32.1. The Hall–Kier alpha value is -1.97. The van der Waals surface area contributed by atoms with Crippen LogP contribution < -0.4 is 16.9 Å². The lowest BCUT2D eigenvalue weighted by atomic mass is 9.86. The number of benzene rings is 2. The van der Waals surface area contributed by atoms with E-state index in [-0.39, 0.29) is 21.7 Å². The highest BCUT2D eigenvalue weighted by Gasteiger charge is 2.39. The molecule has 10 heteroatoms. The molecular weight excluding hydrogens is 353 g/mol. The number of thiol groups is 1. The third-order valence-electron chi connectivity index (χ3n) is 3.29. The number of hydrogen-bond acceptors (Lipinski definition) is 3. The van der Waals surface area contributed by atoms with Crippen LogP contribution in [0.2, 0.25) is 0 Å². The molecule has 0 saturated heterocycles. The summed E-state index contributed by atoms with van der Waals surface area (Å²) in [5.41, 5.74) is 5.63. The molecule has 24 heavy (non-hydrogen) atoms. The van der Waals surface area contributed by atoms with E-state index in [2.05, 4.69) is 12.6 Å². The Morgan fingerprint density at radius 2 is 1.17 bits per heavy atom. The number of nitrogens with two attached hydrogens (primary N) is 2. The summed E-state index contributed by atoms with van der Waals surface area (Å²) in [7, 11) is 5.48. The molecule has 0 spiro atoms. The molecule has 0 amide bonds. The average Bonchev–Trinajstić information content (AvgIpc) is 2.41. The van der Waals surface area contributed by atoms with Gasteiger partial charge in [0.2, 0.25) is 0 Å². The zero-order valence-corrected chi connectivity index (χ0v) is 12.7. The van der Waals surface area contributed by atoms with E-state index < -0.39 is 34.6 Å². The zero-order chi connectivity index (χ0) is 18.4. The van der Waals surface area contributed by atoms with Gasteiger partial charge >= 0.3 is 12.4 Å². The van der Waals surface area contributed by atoms with Gasteiger partial charge in [-0.05, 0) is 29.3 Å². The Labute approximate surface area is 139 Å². The minimum atomic E-state index is -4.93. The van der Waals surface area contributed by atoms with Gasteiger partial charge in [0.1, 0.15) is 7.85 Å². The molecule has 2 nitrogen and oxygen atoms in total. The van der Waals surface area contributed by atoms with E-state index in [0.717, 1.165) is 12.1 Å². The molecule has 2 radical (unpaired) electrons. The minimum Gasteiger partial charge on any atom is -0.399 e. The lowest BCUT2D eigenvalue weighted by Crippen LogP contribution is -2.17. The van der Waals surface area contributed by atoms with Crippen molar-refractivity contribution >= 4 is 37.3 Å². The van der Waals surface area contributed by atoms with Crippen LogP contribution in [-0.4, -0.2) is 7.85 Å². The quantitative estimate of drug-likeness (QED) is 0.314. The van der Waals surface area contributed by atoms with Crippen LogP contribution in [-0.2, 0) is 12.4 Å². The second kappa shape index (κ2) is 5.84. The van der Waals surface area contributed by atoms with Gasteiger partial charge in [-0.2, -0.15) is 26.3 Å². The zero-order valence-electron chi connectivity index (χ0n) is 11.8. The van der Waals surface area contributed by atoms with Crippen LogP contribution >= 0.6 is 12.6 Å². The van der Waals surface area contributed by atoms with E-state index >= 15 is 0 Å². The summed E-state index contributed by atoms with van der Waals surface area (Å²) in [6.07, 6.45) is -9.86. The first-order valence-electron chi connectivity index (χ1n) is 6.28. The van der Waals surface area contributed by atoms with Crippen molar-refractivity contribution in [2.75, 3.05) is 11.5 Å². The number of alkyl halides is 6. The lowest BCUT2D eigenvalue weighted by Gasteiger charge is -2.20. The van der Waals surface area contributed by atoms with Gasteiger partial charge < -0.3 is 11.5 Å². The molecule has 2 aromatic rings. The van der Waals surface area contributed by atoms with Gasteiger partial charge in [0.15, 0.2) is 0 Å². The lowest BCUT2D eigenvalue weighted by molar-refractivity contribution is -0.139. The van der Waals surface area contributed by atoms with Gasteiger partial charge in [-0.15, -0.1) is 12.6 Å². The van der Waals surface area contributed by atoms with Crippen molar-refractivity contribution < 1.29 is 26.3 Å². The second-order valence-electron chi connectivity index (χ2n) is 4.98. The number of anilines is 2. The maximum atomic E-state index is 13.2. The fraction of sp³-hybridized carbons (Fsp3) is 0.143. The molecule has 0 fully saturated rings. The third-order valence-corrected chi connectivity index (χ3v) is 3.68. The number of rotatable bonds is 1. The van der Waals surface area contributed by atoms with Gasteiger partial charge in [0.05, 0.1) is 11.1 Å². The van der Waals surface area contributed by atoms with Gasteiger partial charge in [-0.3, -0.25) is 0 Å². The molecule has 0 heterocycles. The van der Waals surface area contributed by atoms with Crippen molar-refractivity contribution in [3.63, 3.8) is 0 Å². The monoisotopic (exact) mass is 362 g/mol. The second-order valence-corrected chi connectivity index (χ2v) is 5.46. The highest BCUT2D eigenvalue weighted by Crippen LogP contribution is 2.44. The van der Waals surface area contributed by atoms with Gasteiger partial charge in [0.25, 0.3) is 0 Å². The van der Waals surface area contributed by atoms with E-state index in [1.54, 1.807) is 0 Å². The normalized spacial score (nSPS) is 12.5. The molecule has 0 bridgehead atoms. The minimum absolute atomic E-state index is 0.0958. The predicted octanol–water partition coefficient (Wildman–Crippen LogP) is 3.64. The predicted molar refractivity (Wildman–Crippen MR) is 83.3 cm³/mol. The Morgan fingerprint density at radius 1 is 0.750 bits per heavy atom. The van der Waals surface area contributed by atoms with Crippen molar-refractivity contribution in [3.8, 4) is 11.1 Å². The maximum Gasteiger partial charge on any atom is 0.417 e. The van der Waals surface area contributed by atoms with Crippen molar-refractivity contribution in [2.45, 2.75) is 17.2 Å². The maximum absolute atomic E-state index is 13.2. The summed E-state index contributed by atoms with van der Waals surface area (Å²) in [6, 6.07) is 2.61. The standard InChI is InChI=1S/C14H9BF6N2S/c15-9-1-5(7(3-10(9)22)13(16,17)18)6-2-12(24)11(23)4-8(6)14(19,20)21/h1-4,24H,22-23H2. The molecule has 2 rings (SSSR count). The van der Waals surface area contributed by atoms with E-state index in [0.29, 0.717) is 12.1 Å². The topological polar surface area (TPSA) is 52.0 Å². The third kappa shape index (κ3) is 3.43. The molecule has 0 saturated carbocycles. The Kier molecular flexibility index (Phi) is 4.47. The van der Waals surface area contributed by atoms with E-state index in [1.807, 2.05) is 0 Å². The summed E-state index contributed by atoms with van der Waals surface area (Å²) < 4.78 is 79.4. The molecule has 2 aromatic carbocycles. The van der Waals surface area contributed by atoms with Crippen LogP contribution in [0.5, 0.6) is 0 Å². The van der Waals surface area contributed by atoms with Crippen molar-refractivity contribution in [1.82, 2.24) is 0 Å². The van der Waals surface area contributed by atoms with Crippen molar-refractivity contribution in [2.24, 2.45) is 0 Å². The molecule has 0 aliphatic rings. The SMILES string of the molecule is [B]c1cc(-c2cc(S)c(N)cc2C(F)(F)F)c(C(F)(F)F)cc1N. The largest absolute Gasteiger partial charge is 0.417 e. The first-order valence-corrected chi connectivity index (χ1v) is 6.73. The molecule has 0 aromatic heterocycles. The van der Waals surface area contributed by atoms with Crippen molar-refractivity contribution in [1.29, 1.82) is 0 Å². The summed E-state index contributed by atoms with van der Waals surface area (Å²) in [6.45, 7) is 0. The van der Waals surface area contributed by atoms with Crippen LogP contribution in [0.15, 0.2) is 29.2 Å². The smallest absolute Gasteiger partial charge is 0.399 e. The highest BCUT2D eigenvalue weighted by molar-refractivity contribution is 7.80. The van der Waals surface area contributed by atoms with Gasteiger partial charge in [-0.1, -0.05) is 11.5 Å². The van der Waals surface area contributed by atoms with Crippen LogP contribution in [0.25, 0.3) is 11.1 Å². The van der Waals surface area contributed by atoms with E-state index in [1.165, 1.54) is 0 Å². The van der Waals surface area contributed by atoms with Crippen LogP contribution in [0, 0.1) is 0 Å². The average molecular weight is 362 g/mol.